The number of benzene rings is 2. The van der Waals surface area contributed by atoms with Crippen LogP contribution >= 0.6 is 0 Å². The molecule has 0 bridgehead atoms. The van der Waals surface area contributed by atoms with Gasteiger partial charge in [-0.2, -0.15) is 0 Å². The van der Waals surface area contributed by atoms with E-state index in [9.17, 15) is 5.11 Å². The number of hydrogen-bond donors (Lipinski definition) is 1. The van der Waals surface area contributed by atoms with Crippen molar-refractivity contribution in [1.29, 1.82) is 0 Å². The number of rotatable bonds is 4. The minimum atomic E-state index is 0.176. The largest absolute Gasteiger partial charge is 0.507 e. The molecule has 3 aromatic rings. The standard InChI is InChI=1S/C18H17N3O/c1-3-12-21(2)18-13-8-4-6-10-15(13)19-17(20-18)14-9-5-7-11-16(14)22/h3-11,22H,1,12H2,2H3. The first-order valence-electron chi connectivity index (χ1n) is 7.08. The monoisotopic (exact) mass is 291 g/mol. The SMILES string of the molecule is C=CCN(C)c1nc(-c2ccccc2O)nc2ccccc12. The number of aromatic nitrogens is 2. The molecule has 0 saturated carbocycles. The van der Waals surface area contributed by atoms with Crippen molar-refractivity contribution in [2.24, 2.45) is 0 Å². The minimum Gasteiger partial charge on any atom is -0.507 e. The Kier molecular flexibility index (Phi) is 3.74. The van der Waals surface area contributed by atoms with Gasteiger partial charge < -0.3 is 10.0 Å². The second-order valence-electron chi connectivity index (χ2n) is 5.07. The van der Waals surface area contributed by atoms with Crippen LogP contribution in [0.25, 0.3) is 22.3 Å². The van der Waals surface area contributed by atoms with Crippen LogP contribution in [0.4, 0.5) is 5.82 Å². The molecule has 2 aromatic carbocycles. The van der Waals surface area contributed by atoms with Crippen LogP contribution in [-0.2, 0) is 0 Å². The molecule has 110 valence electrons. The third kappa shape index (κ3) is 2.51. The number of hydrogen-bond acceptors (Lipinski definition) is 4. The molecule has 0 amide bonds. The minimum absolute atomic E-state index is 0.176. The molecule has 4 nitrogen and oxygen atoms in total. The second kappa shape index (κ2) is 5.85. The lowest BCUT2D eigenvalue weighted by atomic mass is 10.1. The van der Waals surface area contributed by atoms with Crippen LogP contribution in [0, 0.1) is 0 Å². The van der Waals surface area contributed by atoms with Gasteiger partial charge in [-0.1, -0.05) is 30.3 Å². The zero-order valence-corrected chi connectivity index (χ0v) is 12.4. The number of likely N-dealkylation sites (N-methyl/N-ethyl adjacent to an activating group) is 1. The first kappa shape index (κ1) is 14.1. The molecule has 0 radical (unpaired) electrons. The predicted octanol–water partition coefficient (Wildman–Crippen LogP) is 3.62. The first-order valence-corrected chi connectivity index (χ1v) is 7.08. The Morgan fingerprint density at radius 2 is 1.82 bits per heavy atom. The number of fused-ring (bicyclic) bond motifs is 1. The van der Waals surface area contributed by atoms with Gasteiger partial charge in [-0.3, -0.25) is 0 Å². The van der Waals surface area contributed by atoms with Gasteiger partial charge in [0, 0.05) is 19.0 Å². The summed E-state index contributed by atoms with van der Waals surface area (Å²) in [4.78, 5) is 11.3. The van der Waals surface area contributed by atoms with Crippen LogP contribution in [0.1, 0.15) is 0 Å². The lowest BCUT2D eigenvalue weighted by Crippen LogP contribution is -2.19. The first-order chi connectivity index (χ1) is 10.7. The summed E-state index contributed by atoms with van der Waals surface area (Å²) in [5.41, 5.74) is 1.48. The maximum Gasteiger partial charge on any atom is 0.165 e. The molecule has 1 N–H and O–H groups in total. The molecule has 0 spiro atoms. The van der Waals surface area contributed by atoms with E-state index >= 15 is 0 Å². The summed E-state index contributed by atoms with van der Waals surface area (Å²) in [6, 6.07) is 15.0. The normalized spacial score (nSPS) is 10.6. The number of phenolic OH excluding ortho intramolecular Hbond substituents is 1. The van der Waals surface area contributed by atoms with Gasteiger partial charge in [0.1, 0.15) is 11.6 Å². The number of aromatic hydroxyl groups is 1. The number of nitrogens with zero attached hydrogens (tertiary/aromatic N) is 3. The van der Waals surface area contributed by atoms with Crippen LogP contribution in [0.2, 0.25) is 0 Å². The second-order valence-corrected chi connectivity index (χ2v) is 5.07. The molecular weight excluding hydrogens is 274 g/mol. The van der Waals surface area contributed by atoms with Gasteiger partial charge in [0.15, 0.2) is 5.82 Å². The molecule has 3 rings (SSSR count). The third-order valence-corrected chi connectivity index (χ3v) is 3.49. The van der Waals surface area contributed by atoms with Crippen molar-refractivity contribution < 1.29 is 5.11 Å². The molecular formula is C18H17N3O. The molecule has 0 aliphatic heterocycles. The Labute approximate surface area is 129 Å². The fourth-order valence-electron chi connectivity index (χ4n) is 2.41. The Hall–Kier alpha value is -2.88. The van der Waals surface area contributed by atoms with E-state index in [2.05, 4.69) is 16.5 Å². The summed E-state index contributed by atoms with van der Waals surface area (Å²) in [5, 5.41) is 11.0. The summed E-state index contributed by atoms with van der Waals surface area (Å²) in [7, 11) is 1.96. The van der Waals surface area contributed by atoms with E-state index in [1.54, 1.807) is 12.1 Å². The van der Waals surface area contributed by atoms with Gasteiger partial charge in [0.25, 0.3) is 0 Å². The predicted molar refractivity (Wildman–Crippen MR) is 90.1 cm³/mol. The maximum atomic E-state index is 10.1. The third-order valence-electron chi connectivity index (χ3n) is 3.49. The van der Waals surface area contributed by atoms with E-state index in [4.69, 9.17) is 0 Å². The molecule has 1 aromatic heterocycles. The highest BCUT2D eigenvalue weighted by Gasteiger charge is 2.13. The highest BCUT2D eigenvalue weighted by atomic mass is 16.3. The van der Waals surface area contributed by atoms with Crippen molar-refractivity contribution in [3.63, 3.8) is 0 Å². The molecule has 0 aliphatic carbocycles. The van der Waals surface area contributed by atoms with Crippen molar-refractivity contribution in [3.8, 4) is 17.1 Å². The van der Waals surface area contributed by atoms with Gasteiger partial charge in [0.05, 0.1) is 11.1 Å². The summed E-state index contributed by atoms with van der Waals surface area (Å²) in [5.74, 6) is 1.52. The lowest BCUT2D eigenvalue weighted by molar-refractivity contribution is 0.477. The number of phenols is 1. The van der Waals surface area contributed by atoms with Crippen molar-refractivity contribution in [2.75, 3.05) is 18.5 Å². The average molecular weight is 291 g/mol. The van der Waals surface area contributed by atoms with E-state index < -0.39 is 0 Å². The van der Waals surface area contributed by atoms with Crippen molar-refractivity contribution >= 4 is 16.7 Å². The van der Waals surface area contributed by atoms with Gasteiger partial charge >= 0.3 is 0 Å². The summed E-state index contributed by atoms with van der Waals surface area (Å²) < 4.78 is 0. The molecule has 22 heavy (non-hydrogen) atoms. The topological polar surface area (TPSA) is 49.2 Å². The number of para-hydroxylation sites is 2. The Morgan fingerprint density at radius 1 is 1.09 bits per heavy atom. The molecule has 4 heteroatoms. The van der Waals surface area contributed by atoms with Crippen molar-refractivity contribution in [3.05, 3.63) is 61.2 Å². The summed E-state index contributed by atoms with van der Waals surface area (Å²) >= 11 is 0. The smallest absolute Gasteiger partial charge is 0.165 e. The quantitative estimate of drug-likeness (QED) is 0.746. The van der Waals surface area contributed by atoms with Crippen molar-refractivity contribution in [2.45, 2.75) is 0 Å². The molecule has 0 aliphatic rings. The van der Waals surface area contributed by atoms with Crippen LogP contribution in [-0.4, -0.2) is 28.7 Å². The Bertz CT molecular complexity index is 829. The molecule has 0 saturated heterocycles. The van der Waals surface area contributed by atoms with E-state index in [0.29, 0.717) is 17.9 Å². The van der Waals surface area contributed by atoms with Crippen LogP contribution in [0.5, 0.6) is 5.75 Å². The molecule has 0 fully saturated rings. The molecule has 0 atom stereocenters. The molecule has 0 unspecified atom stereocenters. The fraction of sp³-hybridized carbons (Fsp3) is 0.111. The van der Waals surface area contributed by atoms with Gasteiger partial charge in [-0.25, -0.2) is 9.97 Å². The Balaban J connectivity index is 2.25. The van der Waals surface area contributed by atoms with Gasteiger partial charge in [-0.05, 0) is 24.3 Å². The van der Waals surface area contributed by atoms with Gasteiger partial charge in [-0.15, -0.1) is 6.58 Å². The summed E-state index contributed by atoms with van der Waals surface area (Å²) in [6.45, 7) is 4.46. The number of anilines is 1. The van der Waals surface area contributed by atoms with Crippen LogP contribution in [0.3, 0.4) is 0 Å². The van der Waals surface area contributed by atoms with E-state index in [-0.39, 0.29) is 5.75 Å². The lowest BCUT2D eigenvalue weighted by Gasteiger charge is -2.19. The molecule has 1 heterocycles. The summed E-state index contributed by atoms with van der Waals surface area (Å²) in [6.07, 6.45) is 1.83. The average Bonchev–Trinajstić information content (AvgIpc) is 2.54. The fourth-order valence-corrected chi connectivity index (χ4v) is 2.41. The highest BCUT2D eigenvalue weighted by Crippen LogP contribution is 2.30. The van der Waals surface area contributed by atoms with Crippen LogP contribution in [0.15, 0.2) is 61.2 Å². The van der Waals surface area contributed by atoms with Crippen LogP contribution < -0.4 is 4.90 Å². The van der Waals surface area contributed by atoms with E-state index in [0.717, 1.165) is 16.7 Å². The highest BCUT2D eigenvalue weighted by molar-refractivity contribution is 5.91. The zero-order chi connectivity index (χ0) is 15.5. The van der Waals surface area contributed by atoms with E-state index in [1.807, 2.05) is 54.4 Å². The maximum absolute atomic E-state index is 10.1. The van der Waals surface area contributed by atoms with Gasteiger partial charge in [0.2, 0.25) is 0 Å². The van der Waals surface area contributed by atoms with E-state index in [1.165, 1.54) is 0 Å². The van der Waals surface area contributed by atoms with Crippen molar-refractivity contribution in [1.82, 2.24) is 9.97 Å². The zero-order valence-electron chi connectivity index (χ0n) is 12.4. The Morgan fingerprint density at radius 3 is 2.59 bits per heavy atom.